The Morgan fingerprint density at radius 1 is 1.67 bits per heavy atom. The Morgan fingerprint density at radius 3 is 2.83 bits per heavy atom. The third-order valence-electron chi connectivity index (χ3n) is 1.27. The zero-order valence-electron chi connectivity index (χ0n) is 3.44. The molecule has 0 aliphatic carbocycles. The van der Waals surface area contributed by atoms with Gasteiger partial charge in [-0.3, -0.25) is 0 Å². The summed E-state index contributed by atoms with van der Waals surface area (Å²) in [5.74, 6) is 0. The maximum atomic E-state index is 3.00. The first-order chi connectivity index (χ1) is 2.97. The molecule has 2 aliphatic rings. The van der Waals surface area contributed by atoms with E-state index in [9.17, 15) is 0 Å². The van der Waals surface area contributed by atoms with Crippen LogP contribution in [0.5, 0.6) is 0 Å². The van der Waals surface area contributed by atoms with Gasteiger partial charge in [-0.1, -0.05) is 0 Å². The largest absolute Gasteiger partial charge is 0.242 e. The molecule has 0 spiro atoms. The monoisotopic (exact) mass is 85.1 g/mol. The Hall–Kier alpha value is -0.120. The second-order valence-electron chi connectivity index (χ2n) is 1.80. The number of nitrogens with zero attached hydrogens (tertiary/aromatic N) is 1. The number of hydrogen-bond donors (Lipinski definition) is 2. The molecule has 0 bridgehead atoms. The molecule has 2 aliphatic heterocycles. The maximum Gasteiger partial charge on any atom is 0.0538 e. The number of rotatable bonds is 0. The Balaban J connectivity index is 2.09. The molecule has 3 heteroatoms. The Labute approximate surface area is 36.3 Å². The minimum atomic E-state index is 0.824. The van der Waals surface area contributed by atoms with Crippen LogP contribution in [0.4, 0.5) is 0 Å². The van der Waals surface area contributed by atoms with E-state index in [1.807, 2.05) is 0 Å². The van der Waals surface area contributed by atoms with Crippen LogP contribution in [0.2, 0.25) is 0 Å². The summed E-state index contributed by atoms with van der Waals surface area (Å²) < 4.78 is 0. The highest BCUT2D eigenvalue weighted by Crippen LogP contribution is 2.14. The highest BCUT2D eigenvalue weighted by atomic mass is 15.8. The minimum absolute atomic E-state index is 0.824. The first kappa shape index (κ1) is 2.96. The van der Waals surface area contributed by atoms with Gasteiger partial charge in [0.05, 0.1) is 6.04 Å². The van der Waals surface area contributed by atoms with Crippen LogP contribution in [0.1, 0.15) is 0 Å². The van der Waals surface area contributed by atoms with Crippen molar-refractivity contribution in [1.29, 1.82) is 0 Å². The lowest BCUT2D eigenvalue weighted by molar-refractivity contribution is 0.395. The van der Waals surface area contributed by atoms with Gasteiger partial charge < -0.3 is 0 Å². The number of nitrogens with one attached hydrogen (secondary N) is 2. The second kappa shape index (κ2) is 0.753. The van der Waals surface area contributed by atoms with E-state index in [4.69, 9.17) is 0 Å². The average molecular weight is 85.1 g/mol. The second-order valence-corrected chi connectivity index (χ2v) is 1.80. The summed E-state index contributed by atoms with van der Waals surface area (Å²) in [6.45, 7) is 2.37. The molecule has 6 heavy (non-hydrogen) atoms. The smallest absolute Gasteiger partial charge is 0.0538 e. The van der Waals surface area contributed by atoms with Gasteiger partial charge >= 0.3 is 0 Å². The predicted octanol–water partition coefficient (Wildman–Crippen LogP) is -1.31. The molecule has 2 N–H and O–H groups in total. The lowest BCUT2D eigenvalue weighted by atomic mass is 10.5. The van der Waals surface area contributed by atoms with E-state index in [2.05, 4.69) is 16.0 Å². The van der Waals surface area contributed by atoms with Crippen LogP contribution in [0.3, 0.4) is 0 Å². The van der Waals surface area contributed by atoms with E-state index in [1.54, 1.807) is 0 Å². The molecule has 0 saturated carbocycles. The number of hydrazine groups is 2. The number of fused-ring (bicyclic) bond motifs is 1. The van der Waals surface area contributed by atoms with Gasteiger partial charge in [-0.15, -0.1) is 0 Å². The fourth-order valence-electron chi connectivity index (χ4n) is 0.757. The van der Waals surface area contributed by atoms with Crippen molar-refractivity contribution < 1.29 is 0 Å². The molecule has 34 valence electrons. The van der Waals surface area contributed by atoms with E-state index >= 15 is 0 Å². The fourth-order valence-corrected chi connectivity index (χ4v) is 0.757. The van der Waals surface area contributed by atoms with E-state index < -0.39 is 0 Å². The summed E-state index contributed by atoms with van der Waals surface area (Å²) in [4.78, 5) is 0. The van der Waals surface area contributed by atoms with Crippen molar-refractivity contribution >= 4 is 0 Å². The molecule has 2 rings (SSSR count). The van der Waals surface area contributed by atoms with E-state index in [1.165, 1.54) is 6.54 Å². The molecule has 2 atom stereocenters. The van der Waals surface area contributed by atoms with Gasteiger partial charge in [0.25, 0.3) is 0 Å². The van der Waals surface area contributed by atoms with Crippen LogP contribution >= 0.6 is 0 Å². The average Bonchev–Trinajstić information content (AvgIpc) is 2.17. The molecule has 0 radical (unpaired) electrons. The highest BCUT2D eigenvalue weighted by molar-refractivity contribution is 4.90. The van der Waals surface area contributed by atoms with E-state index in [-0.39, 0.29) is 0 Å². The Morgan fingerprint density at radius 2 is 2.67 bits per heavy atom. The van der Waals surface area contributed by atoms with Crippen molar-refractivity contribution in [3.05, 3.63) is 0 Å². The quantitative estimate of drug-likeness (QED) is 0.358. The van der Waals surface area contributed by atoms with Crippen LogP contribution in [0.15, 0.2) is 0 Å². The molecule has 2 heterocycles. The van der Waals surface area contributed by atoms with Crippen LogP contribution in [0.25, 0.3) is 0 Å². The summed E-state index contributed by atoms with van der Waals surface area (Å²) in [7, 11) is 0. The zero-order chi connectivity index (χ0) is 3.98. The molecule has 0 aromatic carbocycles. The third-order valence-corrected chi connectivity index (χ3v) is 1.27. The van der Waals surface area contributed by atoms with Gasteiger partial charge in [-0.05, 0) is 0 Å². The summed E-state index contributed by atoms with van der Waals surface area (Å²) in [6.07, 6.45) is 0. The molecular formula is C3H7N3. The van der Waals surface area contributed by atoms with Crippen molar-refractivity contribution in [1.82, 2.24) is 16.0 Å². The van der Waals surface area contributed by atoms with E-state index in [0.29, 0.717) is 0 Å². The van der Waals surface area contributed by atoms with Gasteiger partial charge in [0.2, 0.25) is 0 Å². The third kappa shape index (κ3) is 0.228. The van der Waals surface area contributed by atoms with Crippen molar-refractivity contribution in [2.45, 2.75) is 6.04 Å². The number of hydrogen-bond acceptors (Lipinski definition) is 3. The van der Waals surface area contributed by atoms with Crippen LogP contribution in [-0.4, -0.2) is 24.1 Å². The lowest BCUT2D eigenvalue weighted by Crippen LogP contribution is -2.29. The molecule has 2 fully saturated rings. The summed E-state index contributed by atoms with van der Waals surface area (Å²) >= 11 is 0. The first-order valence-corrected chi connectivity index (χ1v) is 2.22. The molecular weight excluding hydrogens is 78.1 g/mol. The molecule has 2 saturated heterocycles. The standard InChI is InChI=1S/C3H7N3/c1-3-2-6(3)5-4-1/h3-5H,1-2H2. The molecule has 0 aromatic rings. The molecule has 2 unspecified atom stereocenters. The van der Waals surface area contributed by atoms with Gasteiger partial charge in [0, 0.05) is 13.1 Å². The van der Waals surface area contributed by atoms with Crippen LogP contribution in [0, 0.1) is 0 Å². The van der Waals surface area contributed by atoms with Gasteiger partial charge in [0.15, 0.2) is 0 Å². The van der Waals surface area contributed by atoms with E-state index in [0.717, 1.165) is 12.6 Å². The predicted molar refractivity (Wildman–Crippen MR) is 21.6 cm³/mol. The fraction of sp³-hybridized carbons (Fsp3) is 1.00. The molecule has 0 amide bonds. The van der Waals surface area contributed by atoms with Crippen molar-refractivity contribution in [2.24, 2.45) is 0 Å². The van der Waals surface area contributed by atoms with Gasteiger partial charge in [-0.25, -0.2) is 10.4 Å². The van der Waals surface area contributed by atoms with Crippen LogP contribution < -0.4 is 11.0 Å². The normalized spacial score (nSPS) is 52.0. The topological polar surface area (TPSA) is 27.1 Å². The molecule has 0 aromatic heterocycles. The van der Waals surface area contributed by atoms with Crippen molar-refractivity contribution in [3.63, 3.8) is 0 Å². The minimum Gasteiger partial charge on any atom is -0.242 e. The lowest BCUT2D eigenvalue weighted by Gasteiger charge is -1.91. The summed E-state index contributed by atoms with van der Waals surface area (Å²) in [5.41, 5.74) is 5.97. The first-order valence-electron chi connectivity index (χ1n) is 2.22. The van der Waals surface area contributed by atoms with Crippen molar-refractivity contribution in [2.75, 3.05) is 13.1 Å². The van der Waals surface area contributed by atoms with Crippen molar-refractivity contribution in [3.8, 4) is 0 Å². The molecule has 3 nitrogen and oxygen atoms in total. The summed E-state index contributed by atoms with van der Waals surface area (Å²) in [6, 6.07) is 0.824. The highest BCUT2D eigenvalue weighted by Gasteiger charge is 2.37. The Bertz CT molecular complexity index is 64.4. The van der Waals surface area contributed by atoms with Gasteiger partial charge in [-0.2, -0.15) is 5.53 Å². The maximum absolute atomic E-state index is 3.00. The van der Waals surface area contributed by atoms with Gasteiger partial charge in [0.1, 0.15) is 0 Å². The SMILES string of the molecule is C1NNN2CC12. The zero-order valence-corrected chi connectivity index (χ0v) is 3.44. The summed E-state index contributed by atoms with van der Waals surface area (Å²) in [5, 5.41) is 2.17. The Kier molecular flexibility index (Phi) is 0.371. The van der Waals surface area contributed by atoms with Crippen LogP contribution in [-0.2, 0) is 0 Å².